The summed E-state index contributed by atoms with van der Waals surface area (Å²) in [6.45, 7) is 3.82. The van der Waals surface area contributed by atoms with E-state index in [4.69, 9.17) is 20.1 Å². The zero-order chi connectivity index (χ0) is 12.2. The lowest BCUT2D eigenvalue weighted by atomic mass is 10.3. The number of rotatable bonds is 10. The standard InChI is InChI=1S/C10H22N2O4/c1-3-4-5-15-6-7-16-9(8-14-2)10(13)12-11/h9H,3-8,11H2,1-2H3,(H,12,13). The average Bonchev–Trinajstić information content (AvgIpc) is 2.31. The third kappa shape index (κ3) is 7.58. The minimum atomic E-state index is -0.676. The van der Waals surface area contributed by atoms with E-state index in [0.29, 0.717) is 13.2 Å². The number of carbonyl (C=O) groups is 1. The van der Waals surface area contributed by atoms with Gasteiger partial charge < -0.3 is 14.2 Å². The summed E-state index contributed by atoms with van der Waals surface area (Å²) in [4.78, 5) is 11.2. The number of methoxy groups -OCH3 is 1. The van der Waals surface area contributed by atoms with E-state index >= 15 is 0 Å². The molecule has 16 heavy (non-hydrogen) atoms. The molecule has 0 bridgehead atoms. The monoisotopic (exact) mass is 234 g/mol. The number of hydrogen-bond donors (Lipinski definition) is 2. The van der Waals surface area contributed by atoms with Gasteiger partial charge in [-0.15, -0.1) is 0 Å². The van der Waals surface area contributed by atoms with E-state index in [2.05, 4.69) is 6.92 Å². The maximum absolute atomic E-state index is 11.2. The molecule has 0 aromatic heterocycles. The minimum absolute atomic E-state index is 0.179. The highest BCUT2D eigenvalue weighted by atomic mass is 16.6. The summed E-state index contributed by atoms with van der Waals surface area (Å²) < 4.78 is 15.4. The quantitative estimate of drug-likeness (QED) is 0.237. The van der Waals surface area contributed by atoms with Gasteiger partial charge in [0, 0.05) is 13.7 Å². The Labute approximate surface area is 96.4 Å². The van der Waals surface area contributed by atoms with E-state index in [0.717, 1.165) is 19.4 Å². The van der Waals surface area contributed by atoms with Crippen molar-refractivity contribution in [2.45, 2.75) is 25.9 Å². The molecule has 1 unspecified atom stereocenters. The summed E-state index contributed by atoms with van der Waals surface area (Å²) >= 11 is 0. The van der Waals surface area contributed by atoms with Crippen LogP contribution in [0.1, 0.15) is 19.8 Å². The van der Waals surface area contributed by atoms with Crippen molar-refractivity contribution in [1.29, 1.82) is 0 Å². The normalized spacial score (nSPS) is 12.4. The summed E-state index contributed by atoms with van der Waals surface area (Å²) in [6, 6.07) is 0. The van der Waals surface area contributed by atoms with Crippen molar-refractivity contribution in [3.8, 4) is 0 Å². The van der Waals surface area contributed by atoms with Crippen molar-refractivity contribution in [2.24, 2.45) is 5.84 Å². The average molecular weight is 234 g/mol. The molecule has 0 fully saturated rings. The summed E-state index contributed by atoms with van der Waals surface area (Å²) in [6.07, 6.45) is 1.46. The van der Waals surface area contributed by atoms with Gasteiger partial charge in [0.05, 0.1) is 19.8 Å². The van der Waals surface area contributed by atoms with Crippen molar-refractivity contribution in [3.63, 3.8) is 0 Å². The van der Waals surface area contributed by atoms with Crippen molar-refractivity contribution >= 4 is 5.91 Å². The molecule has 0 heterocycles. The molecular formula is C10H22N2O4. The predicted octanol–water partition coefficient (Wildman–Crippen LogP) is -0.175. The Morgan fingerprint density at radius 3 is 2.69 bits per heavy atom. The number of nitrogens with two attached hydrogens (primary N) is 1. The molecule has 0 spiro atoms. The fourth-order valence-electron chi connectivity index (χ4n) is 1.04. The molecule has 1 amide bonds. The van der Waals surface area contributed by atoms with E-state index in [1.807, 2.05) is 5.43 Å². The predicted molar refractivity (Wildman–Crippen MR) is 59.7 cm³/mol. The highest BCUT2D eigenvalue weighted by Crippen LogP contribution is 1.94. The van der Waals surface area contributed by atoms with Gasteiger partial charge in [-0.3, -0.25) is 10.2 Å². The molecule has 0 rings (SSSR count). The van der Waals surface area contributed by atoms with Crippen LogP contribution < -0.4 is 11.3 Å². The van der Waals surface area contributed by atoms with Crippen molar-refractivity contribution in [2.75, 3.05) is 33.5 Å². The fourth-order valence-corrected chi connectivity index (χ4v) is 1.04. The molecule has 0 aromatic carbocycles. The fraction of sp³-hybridized carbons (Fsp3) is 0.900. The zero-order valence-electron chi connectivity index (χ0n) is 10.0. The molecule has 0 radical (unpaired) electrons. The van der Waals surface area contributed by atoms with Gasteiger partial charge >= 0.3 is 0 Å². The number of unbranched alkanes of at least 4 members (excludes halogenated alkanes) is 1. The molecule has 0 saturated carbocycles. The molecule has 1 atom stereocenters. The van der Waals surface area contributed by atoms with Crippen molar-refractivity contribution in [1.82, 2.24) is 5.43 Å². The summed E-state index contributed by atoms with van der Waals surface area (Å²) in [5, 5.41) is 0. The van der Waals surface area contributed by atoms with Crippen LogP contribution in [0.4, 0.5) is 0 Å². The van der Waals surface area contributed by atoms with Gasteiger partial charge in [0.1, 0.15) is 0 Å². The molecule has 3 N–H and O–H groups in total. The van der Waals surface area contributed by atoms with Crippen LogP contribution >= 0.6 is 0 Å². The minimum Gasteiger partial charge on any atom is -0.381 e. The maximum Gasteiger partial charge on any atom is 0.265 e. The third-order valence-corrected chi connectivity index (χ3v) is 1.94. The van der Waals surface area contributed by atoms with Crippen LogP contribution in [0.3, 0.4) is 0 Å². The van der Waals surface area contributed by atoms with Gasteiger partial charge in [0.2, 0.25) is 0 Å². The van der Waals surface area contributed by atoms with Crippen LogP contribution in [0.5, 0.6) is 0 Å². The Balaban J connectivity index is 3.56. The Hall–Kier alpha value is -0.690. The van der Waals surface area contributed by atoms with Gasteiger partial charge in [0.15, 0.2) is 6.10 Å². The highest BCUT2D eigenvalue weighted by Gasteiger charge is 2.17. The summed E-state index contributed by atoms with van der Waals surface area (Å²) in [7, 11) is 1.50. The van der Waals surface area contributed by atoms with Crippen LogP contribution in [0.15, 0.2) is 0 Å². The van der Waals surface area contributed by atoms with Gasteiger partial charge in [-0.25, -0.2) is 5.84 Å². The smallest absolute Gasteiger partial charge is 0.265 e. The number of amides is 1. The molecule has 6 heteroatoms. The molecule has 0 aliphatic rings. The Morgan fingerprint density at radius 2 is 2.12 bits per heavy atom. The second-order valence-corrected chi connectivity index (χ2v) is 3.29. The largest absolute Gasteiger partial charge is 0.381 e. The van der Waals surface area contributed by atoms with E-state index in [-0.39, 0.29) is 6.61 Å². The van der Waals surface area contributed by atoms with Gasteiger partial charge in [-0.1, -0.05) is 13.3 Å². The number of hydrogen-bond acceptors (Lipinski definition) is 5. The Kier molecular flexibility index (Phi) is 10.3. The first kappa shape index (κ1) is 15.3. The first-order valence-corrected chi connectivity index (χ1v) is 5.45. The lowest BCUT2D eigenvalue weighted by Crippen LogP contribution is -2.43. The van der Waals surface area contributed by atoms with E-state index in [1.54, 1.807) is 0 Å². The van der Waals surface area contributed by atoms with E-state index < -0.39 is 12.0 Å². The second kappa shape index (κ2) is 10.8. The first-order valence-electron chi connectivity index (χ1n) is 5.45. The second-order valence-electron chi connectivity index (χ2n) is 3.29. The van der Waals surface area contributed by atoms with E-state index in [9.17, 15) is 4.79 Å². The number of carbonyl (C=O) groups excluding carboxylic acids is 1. The Morgan fingerprint density at radius 1 is 1.38 bits per heavy atom. The number of hydrazine groups is 1. The first-order chi connectivity index (χ1) is 7.76. The number of ether oxygens (including phenoxy) is 3. The van der Waals surface area contributed by atoms with Crippen LogP contribution in [0.2, 0.25) is 0 Å². The van der Waals surface area contributed by atoms with Crippen LogP contribution in [-0.2, 0) is 19.0 Å². The SMILES string of the molecule is CCCCOCCOC(COC)C(=O)NN. The van der Waals surface area contributed by atoms with Gasteiger partial charge in [0.25, 0.3) is 5.91 Å². The summed E-state index contributed by atoms with van der Waals surface area (Å²) in [5.41, 5.74) is 2.03. The molecule has 96 valence electrons. The van der Waals surface area contributed by atoms with Gasteiger partial charge in [-0.2, -0.15) is 0 Å². The van der Waals surface area contributed by atoms with Crippen LogP contribution in [0, 0.1) is 0 Å². The van der Waals surface area contributed by atoms with Crippen molar-refractivity contribution < 1.29 is 19.0 Å². The maximum atomic E-state index is 11.2. The summed E-state index contributed by atoms with van der Waals surface area (Å²) in [5.74, 6) is 4.61. The lowest BCUT2D eigenvalue weighted by Gasteiger charge is -2.15. The van der Waals surface area contributed by atoms with E-state index in [1.165, 1.54) is 7.11 Å². The lowest BCUT2D eigenvalue weighted by molar-refractivity contribution is -0.137. The third-order valence-electron chi connectivity index (χ3n) is 1.94. The zero-order valence-corrected chi connectivity index (χ0v) is 10.0. The molecular weight excluding hydrogens is 212 g/mol. The topological polar surface area (TPSA) is 82.8 Å². The Bertz CT molecular complexity index is 178. The van der Waals surface area contributed by atoms with Gasteiger partial charge in [-0.05, 0) is 6.42 Å². The molecule has 0 saturated heterocycles. The number of nitrogens with one attached hydrogen (secondary N) is 1. The molecule has 0 aliphatic carbocycles. The molecule has 0 aliphatic heterocycles. The van der Waals surface area contributed by atoms with Crippen LogP contribution in [-0.4, -0.2) is 45.5 Å². The molecule has 0 aromatic rings. The molecule has 6 nitrogen and oxygen atoms in total. The highest BCUT2D eigenvalue weighted by molar-refractivity contribution is 5.80. The van der Waals surface area contributed by atoms with Crippen molar-refractivity contribution in [3.05, 3.63) is 0 Å². The van der Waals surface area contributed by atoms with Crippen LogP contribution in [0.25, 0.3) is 0 Å².